The lowest BCUT2D eigenvalue weighted by Gasteiger charge is -2.22. The van der Waals surface area contributed by atoms with Crippen LogP contribution in [0, 0.1) is 24.0 Å². The van der Waals surface area contributed by atoms with Gasteiger partial charge in [-0.2, -0.15) is 9.78 Å². The van der Waals surface area contributed by atoms with Gasteiger partial charge in [-0.1, -0.05) is 43.2 Å². The second kappa shape index (κ2) is 11.8. The molecule has 1 aliphatic carbocycles. The van der Waals surface area contributed by atoms with E-state index in [-0.39, 0.29) is 17.2 Å². The molecule has 8 nitrogen and oxygen atoms in total. The van der Waals surface area contributed by atoms with Gasteiger partial charge in [0.2, 0.25) is 0 Å². The van der Waals surface area contributed by atoms with Crippen LogP contribution in [-0.4, -0.2) is 25.4 Å². The maximum Gasteiger partial charge on any atom is 0.282 e. The van der Waals surface area contributed by atoms with Crippen LogP contribution < -0.4 is 5.56 Å². The standard InChI is InChI=1S/C33H31N5O3S/c1-22-20-25(21-34-37-32(24-8-4-3-5-9-24)35-31-11-7-6-10-30(31)33(37)39)23(2)36(22)26-12-16-28(17-13-26)42-29-18-14-27(15-19-29)38(40)41/h6-7,10-21,24H,3-5,8-9H2,1-2H3. The predicted octanol–water partition coefficient (Wildman–Crippen LogP) is 7.79. The topological polar surface area (TPSA) is 95.3 Å². The molecule has 0 spiro atoms. The van der Waals surface area contributed by atoms with Gasteiger partial charge in [-0.15, -0.1) is 0 Å². The van der Waals surface area contributed by atoms with E-state index in [4.69, 9.17) is 10.1 Å². The Bertz CT molecular complexity index is 1850. The smallest absolute Gasteiger partial charge is 0.282 e. The molecule has 0 amide bonds. The zero-order chi connectivity index (χ0) is 29.2. The summed E-state index contributed by atoms with van der Waals surface area (Å²) < 4.78 is 3.69. The van der Waals surface area contributed by atoms with Gasteiger partial charge >= 0.3 is 0 Å². The summed E-state index contributed by atoms with van der Waals surface area (Å²) >= 11 is 1.55. The Kier molecular flexibility index (Phi) is 7.75. The third kappa shape index (κ3) is 5.52. The molecule has 2 heterocycles. The lowest BCUT2D eigenvalue weighted by molar-refractivity contribution is -0.384. The Hall–Kier alpha value is -4.50. The molecule has 1 aliphatic rings. The fraction of sp³-hybridized carbons (Fsp3) is 0.242. The van der Waals surface area contributed by atoms with Crippen molar-refractivity contribution in [1.82, 2.24) is 14.2 Å². The molecule has 3 aromatic carbocycles. The predicted molar refractivity (Wildman–Crippen MR) is 167 cm³/mol. The number of fused-ring (bicyclic) bond motifs is 1. The van der Waals surface area contributed by atoms with Crippen molar-refractivity contribution in [2.24, 2.45) is 5.10 Å². The molecule has 0 atom stereocenters. The van der Waals surface area contributed by atoms with E-state index in [1.54, 1.807) is 30.1 Å². The number of nitrogens with zero attached hydrogens (tertiary/aromatic N) is 5. The highest BCUT2D eigenvalue weighted by molar-refractivity contribution is 7.99. The number of aromatic nitrogens is 3. The number of benzene rings is 3. The van der Waals surface area contributed by atoms with Crippen LogP contribution >= 0.6 is 11.8 Å². The molecule has 6 rings (SSSR count). The maximum atomic E-state index is 13.6. The first-order valence-corrected chi connectivity index (χ1v) is 15.0. The summed E-state index contributed by atoms with van der Waals surface area (Å²) in [5, 5.41) is 16.2. The molecule has 0 unspecified atom stereocenters. The van der Waals surface area contributed by atoms with Gasteiger partial charge in [-0.3, -0.25) is 14.9 Å². The first-order chi connectivity index (χ1) is 20.4. The third-order valence-corrected chi connectivity index (χ3v) is 8.93. The molecular formula is C33H31N5O3S. The minimum atomic E-state index is -0.392. The first-order valence-electron chi connectivity index (χ1n) is 14.2. The summed E-state index contributed by atoms with van der Waals surface area (Å²) in [4.78, 5) is 31.0. The molecule has 0 saturated heterocycles. The number of nitro groups is 1. The van der Waals surface area contributed by atoms with E-state index in [2.05, 4.69) is 36.6 Å². The Labute approximate surface area is 247 Å². The van der Waals surface area contributed by atoms with Crippen LogP contribution in [-0.2, 0) is 0 Å². The van der Waals surface area contributed by atoms with Crippen LogP contribution in [0.2, 0.25) is 0 Å². The van der Waals surface area contributed by atoms with Crippen molar-refractivity contribution < 1.29 is 4.92 Å². The Morgan fingerprint density at radius 2 is 1.62 bits per heavy atom. The van der Waals surface area contributed by atoms with Crippen molar-refractivity contribution in [3.63, 3.8) is 0 Å². The molecule has 0 bridgehead atoms. The Morgan fingerprint density at radius 1 is 0.952 bits per heavy atom. The maximum absolute atomic E-state index is 13.6. The molecule has 0 aliphatic heterocycles. The average molecular weight is 578 g/mol. The van der Waals surface area contributed by atoms with Crippen LogP contribution in [0.25, 0.3) is 16.6 Å². The molecule has 42 heavy (non-hydrogen) atoms. The average Bonchev–Trinajstić information content (AvgIpc) is 3.30. The van der Waals surface area contributed by atoms with Crippen molar-refractivity contribution >= 4 is 34.6 Å². The Balaban J connectivity index is 1.29. The van der Waals surface area contributed by atoms with Crippen LogP contribution in [0.4, 0.5) is 5.69 Å². The molecule has 5 aromatic rings. The molecule has 0 N–H and O–H groups in total. The van der Waals surface area contributed by atoms with Gasteiger partial charge in [0.25, 0.3) is 11.2 Å². The van der Waals surface area contributed by atoms with E-state index < -0.39 is 4.92 Å². The van der Waals surface area contributed by atoms with E-state index in [0.717, 1.165) is 69.5 Å². The number of aryl methyl sites for hydroxylation is 1. The molecule has 1 saturated carbocycles. The highest BCUT2D eigenvalue weighted by Crippen LogP contribution is 2.32. The molecular weight excluding hydrogens is 546 g/mol. The number of para-hydroxylation sites is 1. The minimum absolute atomic E-state index is 0.0829. The number of hydrogen-bond acceptors (Lipinski definition) is 6. The van der Waals surface area contributed by atoms with Gasteiger partial charge in [-0.05, 0) is 81.3 Å². The second-order valence-electron chi connectivity index (χ2n) is 10.7. The van der Waals surface area contributed by atoms with E-state index in [0.29, 0.717) is 5.39 Å². The van der Waals surface area contributed by atoms with Crippen molar-refractivity contribution in [2.45, 2.75) is 61.7 Å². The van der Waals surface area contributed by atoms with Gasteiger partial charge < -0.3 is 4.57 Å². The summed E-state index contributed by atoms with van der Waals surface area (Å²) in [6, 6.07) is 24.4. The number of hydrogen-bond donors (Lipinski definition) is 0. The lowest BCUT2D eigenvalue weighted by Crippen LogP contribution is -2.25. The van der Waals surface area contributed by atoms with Crippen LogP contribution in [0.5, 0.6) is 0 Å². The van der Waals surface area contributed by atoms with Crippen LogP contribution in [0.3, 0.4) is 0 Å². The lowest BCUT2D eigenvalue weighted by atomic mass is 9.88. The van der Waals surface area contributed by atoms with Crippen LogP contribution in [0.15, 0.2) is 98.5 Å². The monoisotopic (exact) mass is 577 g/mol. The normalized spacial score (nSPS) is 14.1. The number of rotatable bonds is 7. The summed E-state index contributed by atoms with van der Waals surface area (Å²) in [7, 11) is 0. The van der Waals surface area contributed by atoms with Gasteiger partial charge in [-0.25, -0.2) is 4.98 Å². The summed E-state index contributed by atoms with van der Waals surface area (Å²) in [6.07, 6.45) is 7.33. The summed E-state index contributed by atoms with van der Waals surface area (Å²) in [5.41, 5.74) is 4.71. The van der Waals surface area contributed by atoms with E-state index in [1.807, 2.05) is 36.4 Å². The summed E-state index contributed by atoms with van der Waals surface area (Å²) in [5.74, 6) is 0.979. The van der Waals surface area contributed by atoms with Gasteiger partial charge in [0.05, 0.1) is 22.0 Å². The zero-order valence-corrected chi connectivity index (χ0v) is 24.4. The van der Waals surface area contributed by atoms with Gasteiger partial charge in [0.15, 0.2) is 0 Å². The Morgan fingerprint density at radius 3 is 2.31 bits per heavy atom. The van der Waals surface area contributed by atoms with Crippen molar-refractivity contribution in [3.05, 3.63) is 122 Å². The zero-order valence-electron chi connectivity index (χ0n) is 23.6. The fourth-order valence-corrected chi connectivity index (χ4v) is 6.56. The third-order valence-electron chi connectivity index (χ3n) is 7.91. The first kappa shape index (κ1) is 27.7. The van der Waals surface area contributed by atoms with Crippen molar-refractivity contribution in [3.8, 4) is 5.69 Å². The number of nitro benzene ring substituents is 1. The molecule has 2 aromatic heterocycles. The van der Waals surface area contributed by atoms with Crippen molar-refractivity contribution in [1.29, 1.82) is 0 Å². The molecule has 1 fully saturated rings. The van der Waals surface area contributed by atoms with E-state index in [9.17, 15) is 14.9 Å². The number of non-ortho nitro benzene ring substituents is 1. The minimum Gasteiger partial charge on any atom is -0.318 e. The van der Waals surface area contributed by atoms with Crippen LogP contribution in [0.1, 0.15) is 60.8 Å². The highest BCUT2D eigenvalue weighted by atomic mass is 32.2. The van der Waals surface area contributed by atoms with Gasteiger partial charge in [0, 0.05) is 50.5 Å². The van der Waals surface area contributed by atoms with E-state index in [1.165, 1.54) is 23.2 Å². The van der Waals surface area contributed by atoms with Crippen molar-refractivity contribution in [2.75, 3.05) is 0 Å². The fourth-order valence-electron chi connectivity index (χ4n) is 5.75. The van der Waals surface area contributed by atoms with E-state index >= 15 is 0 Å². The quantitative estimate of drug-likeness (QED) is 0.112. The van der Waals surface area contributed by atoms with Gasteiger partial charge in [0.1, 0.15) is 5.82 Å². The highest BCUT2D eigenvalue weighted by Gasteiger charge is 2.22. The summed E-state index contributed by atoms with van der Waals surface area (Å²) in [6.45, 7) is 4.11. The molecule has 0 radical (unpaired) electrons. The molecule has 212 valence electrons. The largest absolute Gasteiger partial charge is 0.318 e. The second-order valence-corrected chi connectivity index (χ2v) is 11.8. The SMILES string of the molecule is Cc1cc(C=Nn2c(C3CCCCC3)nc3ccccc3c2=O)c(C)n1-c1ccc(Sc2ccc([N+](=O)[O-])cc2)cc1. The molecule has 9 heteroatoms.